The summed E-state index contributed by atoms with van der Waals surface area (Å²) in [5, 5.41) is 21.6. The van der Waals surface area contributed by atoms with Gasteiger partial charge in [-0.15, -0.1) is 0 Å². The first-order chi connectivity index (χ1) is 16.8. The van der Waals surface area contributed by atoms with Gasteiger partial charge in [0.2, 0.25) is 0 Å². The van der Waals surface area contributed by atoms with Crippen LogP contribution in [0.15, 0.2) is 109 Å². The lowest BCUT2D eigenvalue weighted by molar-refractivity contribution is 1.36. The number of aromatic nitrogens is 1. The van der Waals surface area contributed by atoms with E-state index in [-0.39, 0.29) is 0 Å². The number of hydrogen-bond acceptors (Lipinski definition) is 2. The summed E-state index contributed by atoms with van der Waals surface area (Å²) in [5.41, 5.74) is 2.57. The van der Waals surface area contributed by atoms with Crippen LogP contribution in [0.2, 0.25) is 0 Å². The van der Waals surface area contributed by atoms with Gasteiger partial charge in [0.05, 0.1) is 17.3 Å². The van der Waals surface area contributed by atoms with Crippen LogP contribution in [0, 0.1) is 11.3 Å². The monoisotopic (exact) mass is 430 g/mol. The van der Waals surface area contributed by atoms with Crippen molar-refractivity contribution in [2.45, 2.75) is 0 Å². The molecule has 2 heteroatoms. The van der Waals surface area contributed by atoms with E-state index >= 15 is 0 Å². The standard InChI is InChI=1S/C32H18N2/c33-18-20-13-15-21(16-14-20)30-17-28-29(19-34-30)24-9-3-6-12-27(24)31-25-10-4-1-7-22(25)23-8-2-5-11-26(23)32(28)31/h1-17,19H. The number of nitriles is 1. The molecule has 34 heavy (non-hydrogen) atoms. The number of hydrogen-bond donors (Lipinski definition) is 0. The van der Waals surface area contributed by atoms with Crippen molar-refractivity contribution in [2.24, 2.45) is 0 Å². The average molecular weight is 431 g/mol. The minimum atomic E-state index is 0.651. The molecule has 156 valence electrons. The summed E-state index contributed by atoms with van der Waals surface area (Å²) in [7, 11) is 0. The van der Waals surface area contributed by atoms with E-state index in [0.29, 0.717) is 5.56 Å². The molecule has 7 aromatic rings. The third-order valence-corrected chi connectivity index (χ3v) is 6.90. The van der Waals surface area contributed by atoms with Crippen molar-refractivity contribution in [2.75, 3.05) is 0 Å². The van der Waals surface area contributed by atoms with E-state index in [9.17, 15) is 5.26 Å². The first-order valence-corrected chi connectivity index (χ1v) is 11.4. The number of fused-ring (bicyclic) bond motifs is 11. The first-order valence-electron chi connectivity index (χ1n) is 11.4. The second-order valence-corrected chi connectivity index (χ2v) is 8.69. The Bertz CT molecular complexity index is 1940. The van der Waals surface area contributed by atoms with Crippen LogP contribution >= 0.6 is 0 Å². The number of benzene rings is 6. The van der Waals surface area contributed by atoms with Gasteiger partial charge in [-0.2, -0.15) is 5.26 Å². The molecule has 0 saturated carbocycles. The highest BCUT2D eigenvalue weighted by Crippen LogP contribution is 2.44. The second kappa shape index (κ2) is 7.13. The molecule has 0 aliphatic heterocycles. The molecule has 1 aromatic heterocycles. The van der Waals surface area contributed by atoms with Crippen LogP contribution in [0.25, 0.3) is 65.1 Å². The van der Waals surface area contributed by atoms with Crippen molar-refractivity contribution in [1.29, 1.82) is 5.26 Å². The van der Waals surface area contributed by atoms with Gasteiger partial charge in [-0.3, -0.25) is 4.98 Å². The Morgan fingerprint density at radius 1 is 0.500 bits per heavy atom. The predicted octanol–water partition coefficient (Wildman–Crippen LogP) is 8.39. The Kier molecular flexibility index (Phi) is 3.94. The van der Waals surface area contributed by atoms with Crippen LogP contribution in [0.4, 0.5) is 0 Å². The van der Waals surface area contributed by atoms with Crippen molar-refractivity contribution in [3.05, 3.63) is 115 Å². The van der Waals surface area contributed by atoms with Crippen LogP contribution in [0.5, 0.6) is 0 Å². The van der Waals surface area contributed by atoms with Crippen molar-refractivity contribution in [3.63, 3.8) is 0 Å². The van der Waals surface area contributed by atoms with Crippen molar-refractivity contribution >= 4 is 53.9 Å². The third kappa shape index (κ3) is 2.59. The molecule has 1 heterocycles. The Hall–Kier alpha value is -4.74. The summed E-state index contributed by atoms with van der Waals surface area (Å²) in [6, 6.07) is 38.1. The van der Waals surface area contributed by atoms with Gasteiger partial charge >= 0.3 is 0 Å². The molecule has 0 atom stereocenters. The Balaban J connectivity index is 1.74. The van der Waals surface area contributed by atoms with Gasteiger partial charge in [-0.25, -0.2) is 0 Å². The van der Waals surface area contributed by atoms with E-state index in [1.807, 2.05) is 30.5 Å². The highest BCUT2D eigenvalue weighted by Gasteiger charge is 2.16. The number of pyridine rings is 1. The zero-order chi connectivity index (χ0) is 22.6. The summed E-state index contributed by atoms with van der Waals surface area (Å²) >= 11 is 0. The molecule has 0 fully saturated rings. The fourth-order valence-corrected chi connectivity index (χ4v) is 5.39. The summed E-state index contributed by atoms with van der Waals surface area (Å²) < 4.78 is 0. The van der Waals surface area contributed by atoms with Crippen LogP contribution in [-0.4, -0.2) is 4.98 Å². The largest absolute Gasteiger partial charge is 0.256 e. The van der Waals surface area contributed by atoms with E-state index in [2.05, 4.69) is 84.9 Å². The lowest BCUT2D eigenvalue weighted by Crippen LogP contribution is -1.91. The molecule has 0 bridgehead atoms. The predicted molar refractivity (Wildman–Crippen MR) is 142 cm³/mol. The topological polar surface area (TPSA) is 36.7 Å². The third-order valence-electron chi connectivity index (χ3n) is 6.90. The molecule has 6 aromatic carbocycles. The number of rotatable bonds is 1. The van der Waals surface area contributed by atoms with Gasteiger partial charge in [-0.1, -0.05) is 84.9 Å². The summed E-state index contributed by atoms with van der Waals surface area (Å²) in [6.45, 7) is 0. The SMILES string of the molecule is N#Cc1ccc(-c2cc3c(cn2)c2ccccc2c2c4ccccc4c4ccccc4c32)cc1. The van der Waals surface area contributed by atoms with Gasteiger partial charge in [0.1, 0.15) is 0 Å². The van der Waals surface area contributed by atoms with Crippen LogP contribution in [-0.2, 0) is 0 Å². The van der Waals surface area contributed by atoms with Gasteiger partial charge in [0.25, 0.3) is 0 Å². The summed E-state index contributed by atoms with van der Waals surface area (Å²) in [5.74, 6) is 0. The first kappa shape index (κ1) is 18.8. The van der Waals surface area contributed by atoms with Crippen molar-refractivity contribution < 1.29 is 0 Å². The van der Waals surface area contributed by atoms with Gasteiger partial charge < -0.3 is 0 Å². The van der Waals surface area contributed by atoms with E-state index in [1.165, 1.54) is 48.5 Å². The smallest absolute Gasteiger partial charge is 0.0991 e. The van der Waals surface area contributed by atoms with Gasteiger partial charge in [-0.05, 0) is 66.7 Å². The van der Waals surface area contributed by atoms with E-state index in [1.54, 1.807) is 0 Å². The number of nitrogens with zero attached hydrogens (tertiary/aromatic N) is 2. The summed E-state index contributed by atoms with van der Waals surface area (Å²) in [4.78, 5) is 4.85. The van der Waals surface area contributed by atoms with Crippen molar-refractivity contribution in [1.82, 2.24) is 4.98 Å². The molecule has 0 radical (unpaired) electrons. The average Bonchev–Trinajstić information content (AvgIpc) is 2.92. The van der Waals surface area contributed by atoms with E-state index < -0.39 is 0 Å². The Morgan fingerprint density at radius 2 is 0.971 bits per heavy atom. The lowest BCUT2D eigenvalue weighted by Gasteiger charge is -2.16. The van der Waals surface area contributed by atoms with Crippen LogP contribution in [0.1, 0.15) is 5.56 Å². The molecule has 0 aliphatic carbocycles. The minimum Gasteiger partial charge on any atom is -0.256 e. The molecular formula is C32H18N2. The quantitative estimate of drug-likeness (QED) is 0.245. The van der Waals surface area contributed by atoms with E-state index in [0.717, 1.165) is 16.6 Å². The molecule has 0 saturated heterocycles. The van der Waals surface area contributed by atoms with Gasteiger partial charge in [0, 0.05) is 17.1 Å². The molecule has 0 N–H and O–H groups in total. The highest BCUT2D eigenvalue weighted by molar-refractivity contribution is 6.39. The molecule has 0 amide bonds. The van der Waals surface area contributed by atoms with Crippen molar-refractivity contribution in [3.8, 4) is 17.3 Å². The highest BCUT2D eigenvalue weighted by atomic mass is 14.7. The zero-order valence-electron chi connectivity index (χ0n) is 18.3. The Morgan fingerprint density at radius 3 is 1.50 bits per heavy atom. The maximum absolute atomic E-state index is 9.18. The zero-order valence-corrected chi connectivity index (χ0v) is 18.3. The molecule has 2 nitrogen and oxygen atoms in total. The van der Waals surface area contributed by atoms with E-state index in [4.69, 9.17) is 4.98 Å². The minimum absolute atomic E-state index is 0.651. The summed E-state index contributed by atoms with van der Waals surface area (Å²) in [6.07, 6.45) is 2.01. The molecule has 0 unspecified atom stereocenters. The fourth-order valence-electron chi connectivity index (χ4n) is 5.39. The maximum atomic E-state index is 9.18. The van der Waals surface area contributed by atoms with Crippen LogP contribution in [0.3, 0.4) is 0 Å². The molecular weight excluding hydrogens is 412 g/mol. The molecule has 0 aliphatic rings. The van der Waals surface area contributed by atoms with Crippen LogP contribution < -0.4 is 0 Å². The molecule has 0 spiro atoms. The fraction of sp³-hybridized carbons (Fsp3) is 0. The molecule has 7 rings (SSSR count). The lowest BCUT2D eigenvalue weighted by atomic mass is 9.87. The second-order valence-electron chi connectivity index (χ2n) is 8.69. The Labute approximate surface area is 196 Å². The normalized spacial score (nSPS) is 11.5. The maximum Gasteiger partial charge on any atom is 0.0991 e. The van der Waals surface area contributed by atoms with Gasteiger partial charge in [0.15, 0.2) is 0 Å².